The number of nitrogens with two attached hydrogens (primary N) is 2. The Labute approximate surface area is 88.0 Å². The molecule has 15 heavy (non-hydrogen) atoms. The van der Waals surface area contributed by atoms with Crippen LogP contribution in [-0.4, -0.2) is 5.11 Å². The van der Waals surface area contributed by atoms with E-state index >= 15 is 0 Å². The number of hydrogen-bond acceptors (Lipinski definition) is 3. The van der Waals surface area contributed by atoms with E-state index in [9.17, 15) is 5.11 Å². The van der Waals surface area contributed by atoms with Gasteiger partial charge in [-0.3, -0.25) is 0 Å². The average Bonchev–Trinajstić information content (AvgIpc) is 2.23. The minimum atomic E-state index is 0.217. The average molecular weight is 200 g/mol. The van der Waals surface area contributed by atoms with Crippen molar-refractivity contribution in [1.29, 1.82) is 0 Å². The molecule has 0 amide bonds. The summed E-state index contributed by atoms with van der Waals surface area (Å²) in [6.45, 7) is 0. The van der Waals surface area contributed by atoms with E-state index < -0.39 is 0 Å². The number of phenolic OH excluding ortho intramolecular Hbond substituents is 1. The molecule has 0 spiro atoms. The first kappa shape index (κ1) is 9.40. The third-order valence-corrected chi connectivity index (χ3v) is 2.24. The van der Waals surface area contributed by atoms with E-state index in [1.807, 2.05) is 12.1 Å². The van der Waals surface area contributed by atoms with Crippen molar-refractivity contribution in [3.8, 4) is 16.9 Å². The molecule has 0 unspecified atom stereocenters. The molecule has 0 aliphatic heterocycles. The standard InChI is InChI=1S/C12H12N2O/c13-9-3-1-8(2-4-9)11-7-10(14)5-6-12(11)15/h1-7,15H,13-14H2. The summed E-state index contributed by atoms with van der Waals surface area (Å²) in [6, 6.07) is 12.3. The summed E-state index contributed by atoms with van der Waals surface area (Å²) in [6.07, 6.45) is 0. The van der Waals surface area contributed by atoms with Crippen molar-refractivity contribution in [1.82, 2.24) is 0 Å². The van der Waals surface area contributed by atoms with Crippen LogP contribution in [0, 0.1) is 0 Å². The molecule has 0 saturated carbocycles. The summed E-state index contributed by atoms with van der Waals surface area (Å²) >= 11 is 0. The number of aromatic hydroxyl groups is 1. The van der Waals surface area contributed by atoms with Crippen LogP contribution in [0.4, 0.5) is 11.4 Å². The number of phenols is 1. The molecule has 0 aromatic heterocycles. The van der Waals surface area contributed by atoms with Gasteiger partial charge in [0.2, 0.25) is 0 Å². The molecule has 2 rings (SSSR count). The molecular formula is C12H12N2O. The first-order valence-corrected chi connectivity index (χ1v) is 4.61. The van der Waals surface area contributed by atoms with Crippen LogP contribution in [0.3, 0.4) is 0 Å². The molecule has 2 aromatic rings. The predicted molar refractivity (Wildman–Crippen MR) is 62.4 cm³/mol. The largest absolute Gasteiger partial charge is 0.507 e. The molecule has 5 N–H and O–H groups in total. The molecule has 0 aliphatic rings. The molecule has 3 heteroatoms. The number of nitrogen functional groups attached to an aromatic ring is 2. The van der Waals surface area contributed by atoms with E-state index in [-0.39, 0.29) is 5.75 Å². The monoisotopic (exact) mass is 200 g/mol. The van der Waals surface area contributed by atoms with E-state index in [1.54, 1.807) is 30.3 Å². The van der Waals surface area contributed by atoms with Gasteiger partial charge in [0.05, 0.1) is 0 Å². The summed E-state index contributed by atoms with van der Waals surface area (Å²) in [5.74, 6) is 0.217. The second-order valence-corrected chi connectivity index (χ2v) is 3.40. The highest BCUT2D eigenvalue weighted by molar-refractivity contribution is 5.74. The molecule has 0 aliphatic carbocycles. The molecule has 2 aromatic carbocycles. The number of hydrogen-bond donors (Lipinski definition) is 3. The van der Waals surface area contributed by atoms with Gasteiger partial charge >= 0.3 is 0 Å². The minimum Gasteiger partial charge on any atom is -0.507 e. The predicted octanol–water partition coefficient (Wildman–Crippen LogP) is 2.22. The second kappa shape index (κ2) is 3.53. The lowest BCUT2D eigenvalue weighted by Crippen LogP contribution is -1.87. The summed E-state index contributed by atoms with van der Waals surface area (Å²) in [4.78, 5) is 0. The fourth-order valence-electron chi connectivity index (χ4n) is 1.45. The van der Waals surface area contributed by atoms with E-state index in [0.717, 1.165) is 11.1 Å². The van der Waals surface area contributed by atoms with Crippen LogP contribution in [0.15, 0.2) is 42.5 Å². The Balaban J connectivity index is 2.53. The molecule has 0 fully saturated rings. The van der Waals surface area contributed by atoms with Gasteiger partial charge in [0.1, 0.15) is 5.75 Å². The lowest BCUT2D eigenvalue weighted by molar-refractivity contribution is 0.477. The molecule has 0 heterocycles. The first-order chi connectivity index (χ1) is 7.16. The van der Waals surface area contributed by atoms with E-state index in [4.69, 9.17) is 11.5 Å². The maximum atomic E-state index is 9.67. The zero-order valence-electron chi connectivity index (χ0n) is 8.14. The van der Waals surface area contributed by atoms with Crippen LogP contribution in [-0.2, 0) is 0 Å². The van der Waals surface area contributed by atoms with Gasteiger partial charge in [-0.2, -0.15) is 0 Å². The van der Waals surface area contributed by atoms with Crippen molar-refractivity contribution < 1.29 is 5.11 Å². The van der Waals surface area contributed by atoms with Gasteiger partial charge in [0.15, 0.2) is 0 Å². The van der Waals surface area contributed by atoms with E-state index in [1.165, 1.54) is 0 Å². The Bertz CT molecular complexity index is 477. The summed E-state index contributed by atoms with van der Waals surface area (Å²) < 4.78 is 0. The lowest BCUT2D eigenvalue weighted by atomic mass is 10.0. The van der Waals surface area contributed by atoms with Crippen molar-refractivity contribution in [2.45, 2.75) is 0 Å². The SMILES string of the molecule is Nc1ccc(-c2cc(N)ccc2O)cc1. The topological polar surface area (TPSA) is 72.3 Å². The van der Waals surface area contributed by atoms with Crippen LogP contribution in [0.25, 0.3) is 11.1 Å². The molecule has 3 nitrogen and oxygen atoms in total. The second-order valence-electron chi connectivity index (χ2n) is 3.40. The van der Waals surface area contributed by atoms with Crippen molar-refractivity contribution in [2.24, 2.45) is 0 Å². The summed E-state index contributed by atoms with van der Waals surface area (Å²) in [7, 11) is 0. The maximum absolute atomic E-state index is 9.67. The normalized spacial score (nSPS) is 10.1. The van der Waals surface area contributed by atoms with Crippen LogP contribution in [0.5, 0.6) is 5.75 Å². The minimum absolute atomic E-state index is 0.217. The maximum Gasteiger partial charge on any atom is 0.123 e. The fourth-order valence-corrected chi connectivity index (χ4v) is 1.45. The first-order valence-electron chi connectivity index (χ1n) is 4.61. The van der Waals surface area contributed by atoms with Gasteiger partial charge in [-0.1, -0.05) is 12.1 Å². The Kier molecular flexibility index (Phi) is 2.21. The zero-order valence-corrected chi connectivity index (χ0v) is 8.14. The molecule has 76 valence electrons. The van der Waals surface area contributed by atoms with Crippen LogP contribution in [0.2, 0.25) is 0 Å². The molecule has 0 saturated heterocycles. The molecule has 0 radical (unpaired) electrons. The van der Waals surface area contributed by atoms with Gasteiger partial charge in [-0.15, -0.1) is 0 Å². The van der Waals surface area contributed by atoms with Crippen LogP contribution >= 0.6 is 0 Å². The number of anilines is 2. The third kappa shape index (κ3) is 1.86. The van der Waals surface area contributed by atoms with E-state index in [0.29, 0.717) is 11.4 Å². The Morgan fingerprint density at radius 3 is 2.07 bits per heavy atom. The van der Waals surface area contributed by atoms with Crippen LogP contribution < -0.4 is 11.5 Å². The van der Waals surface area contributed by atoms with E-state index in [2.05, 4.69) is 0 Å². The Morgan fingerprint density at radius 1 is 0.800 bits per heavy atom. The van der Waals surface area contributed by atoms with Gasteiger partial charge in [0, 0.05) is 16.9 Å². The zero-order chi connectivity index (χ0) is 10.8. The summed E-state index contributed by atoms with van der Waals surface area (Å²) in [5.41, 5.74) is 14.2. The van der Waals surface area contributed by atoms with Crippen molar-refractivity contribution in [3.05, 3.63) is 42.5 Å². The smallest absolute Gasteiger partial charge is 0.123 e. The highest BCUT2D eigenvalue weighted by Crippen LogP contribution is 2.31. The van der Waals surface area contributed by atoms with Crippen molar-refractivity contribution >= 4 is 11.4 Å². The van der Waals surface area contributed by atoms with Gasteiger partial charge in [-0.25, -0.2) is 0 Å². The third-order valence-electron chi connectivity index (χ3n) is 2.24. The van der Waals surface area contributed by atoms with Gasteiger partial charge < -0.3 is 16.6 Å². The van der Waals surface area contributed by atoms with Crippen molar-refractivity contribution in [2.75, 3.05) is 11.5 Å². The van der Waals surface area contributed by atoms with Gasteiger partial charge in [0.25, 0.3) is 0 Å². The Hall–Kier alpha value is -2.16. The highest BCUT2D eigenvalue weighted by Gasteiger charge is 2.03. The molecule has 0 bridgehead atoms. The molecular weight excluding hydrogens is 188 g/mol. The quantitative estimate of drug-likeness (QED) is 0.488. The summed E-state index contributed by atoms with van der Waals surface area (Å²) in [5, 5.41) is 9.67. The number of benzene rings is 2. The molecule has 0 atom stereocenters. The Morgan fingerprint density at radius 2 is 1.40 bits per heavy atom. The van der Waals surface area contributed by atoms with Crippen molar-refractivity contribution in [3.63, 3.8) is 0 Å². The number of rotatable bonds is 1. The lowest BCUT2D eigenvalue weighted by Gasteiger charge is -2.06. The highest BCUT2D eigenvalue weighted by atomic mass is 16.3. The van der Waals surface area contributed by atoms with Gasteiger partial charge in [-0.05, 0) is 35.9 Å². The fraction of sp³-hybridized carbons (Fsp3) is 0. The van der Waals surface area contributed by atoms with Crippen LogP contribution in [0.1, 0.15) is 0 Å².